The van der Waals surface area contributed by atoms with E-state index in [9.17, 15) is 9.18 Å². The second kappa shape index (κ2) is 6.12. The minimum Gasteiger partial charge on any atom is -0.303 e. The Morgan fingerprint density at radius 3 is 2.75 bits per heavy atom. The van der Waals surface area contributed by atoms with E-state index in [-0.39, 0.29) is 11.5 Å². The standard InChI is InChI=1S/C20H15FN6O/c1-12(13-6-2-3-7-14(13)21)27-19-15(24-20(27)28)10-23-18(25-19)16-11-22-17-8-4-5-9-26(16)17/h2-12H,1H3,(H,24,28)/t12-/m1/s1. The molecular weight excluding hydrogens is 359 g/mol. The maximum atomic E-state index is 14.3. The highest BCUT2D eigenvalue weighted by Crippen LogP contribution is 2.24. The van der Waals surface area contributed by atoms with Gasteiger partial charge in [0.05, 0.1) is 18.4 Å². The van der Waals surface area contributed by atoms with E-state index in [0.29, 0.717) is 28.2 Å². The molecule has 0 aliphatic carbocycles. The highest BCUT2D eigenvalue weighted by molar-refractivity contribution is 5.73. The van der Waals surface area contributed by atoms with E-state index in [1.165, 1.54) is 10.6 Å². The van der Waals surface area contributed by atoms with Crippen LogP contribution in [0, 0.1) is 5.82 Å². The second-order valence-electron chi connectivity index (χ2n) is 6.50. The number of H-pyrrole nitrogens is 1. The Bertz CT molecular complexity index is 1380. The van der Waals surface area contributed by atoms with Crippen molar-refractivity contribution in [3.8, 4) is 11.5 Å². The average molecular weight is 374 g/mol. The first-order valence-electron chi connectivity index (χ1n) is 8.77. The lowest BCUT2D eigenvalue weighted by Crippen LogP contribution is -2.22. The zero-order valence-corrected chi connectivity index (χ0v) is 14.9. The number of benzene rings is 1. The lowest BCUT2D eigenvalue weighted by Gasteiger charge is -2.14. The largest absolute Gasteiger partial charge is 0.328 e. The molecule has 1 aromatic carbocycles. The summed E-state index contributed by atoms with van der Waals surface area (Å²) >= 11 is 0. The molecule has 7 nitrogen and oxygen atoms in total. The van der Waals surface area contributed by atoms with Gasteiger partial charge >= 0.3 is 5.69 Å². The molecule has 4 aromatic heterocycles. The van der Waals surface area contributed by atoms with Crippen molar-refractivity contribution in [2.45, 2.75) is 13.0 Å². The molecule has 5 rings (SSSR count). The third kappa shape index (κ3) is 2.42. The molecule has 1 N–H and O–H groups in total. The summed E-state index contributed by atoms with van der Waals surface area (Å²) < 4.78 is 17.6. The third-order valence-electron chi connectivity index (χ3n) is 4.85. The first-order chi connectivity index (χ1) is 13.6. The van der Waals surface area contributed by atoms with Crippen LogP contribution in [0.1, 0.15) is 18.5 Å². The fourth-order valence-corrected chi connectivity index (χ4v) is 3.45. The second-order valence-corrected chi connectivity index (χ2v) is 6.50. The van der Waals surface area contributed by atoms with E-state index in [1.807, 2.05) is 28.8 Å². The Labute approximate surface area is 158 Å². The molecule has 28 heavy (non-hydrogen) atoms. The topological polar surface area (TPSA) is 80.9 Å². The number of hydrogen-bond acceptors (Lipinski definition) is 4. The van der Waals surface area contributed by atoms with Gasteiger partial charge in [0.2, 0.25) is 0 Å². The molecule has 0 saturated carbocycles. The van der Waals surface area contributed by atoms with Crippen molar-refractivity contribution in [1.82, 2.24) is 28.9 Å². The highest BCUT2D eigenvalue weighted by Gasteiger charge is 2.20. The SMILES string of the molecule is C[C@H](c1ccccc1F)n1c(=O)[nH]c2cnc(-c3cnc4ccccn34)nc21. The maximum Gasteiger partial charge on any atom is 0.328 e. The predicted octanol–water partition coefficient (Wildman–Crippen LogP) is 3.18. The molecule has 0 amide bonds. The number of rotatable bonds is 3. The predicted molar refractivity (Wildman–Crippen MR) is 103 cm³/mol. The number of fused-ring (bicyclic) bond motifs is 2. The maximum absolute atomic E-state index is 14.3. The van der Waals surface area contributed by atoms with Crippen molar-refractivity contribution in [2.24, 2.45) is 0 Å². The van der Waals surface area contributed by atoms with Gasteiger partial charge in [0, 0.05) is 11.8 Å². The molecule has 0 saturated heterocycles. The normalized spacial score (nSPS) is 12.6. The highest BCUT2D eigenvalue weighted by atomic mass is 19.1. The number of aromatic amines is 1. The first-order valence-corrected chi connectivity index (χ1v) is 8.77. The summed E-state index contributed by atoms with van der Waals surface area (Å²) in [6, 6.07) is 11.5. The molecule has 0 aliphatic rings. The van der Waals surface area contributed by atoms with Crippen molar-refractivity contribution in [1.29, 1.82) is 0 Å². The van der Waals surface area contributed by atoms with Crippen LogP contribution in [0.5, 0.6) is 0 Å². The van der Waals surface area contributed by atoms with E-state index < -0.39 is 6.04 Å². The summed E-state index contributed by atoms with van der Waals surface area (Å²) in [5, 5.41) is 0. The van der Waals surface area contributed by atoms with Gasteiger partial charge in [-0.15, -0.1) is 0 Å². The monoisotopic (exact) mass is 374 g/mol. The zero-order valence-electron chi connectivity index (χ0n) is 14.9. The van der Waals surface area contributed by atoms with Crippen LogP contribution in [0.25, 0.3) is 28.3 Å². The van der Waals surface area contributed by atoms with Crippen molar-refractivity contribution < 1.29 is 4.39 Å². The number of aromatic nitrogens is 6. The summed E-state index contributed by atoms with van der Waals surface area (Å²) in [4.78, 5) is 28.6. The van der Waals surface area contributed by atoms with Crippen molar-refractivity contribution in [2.75, 3.05) is 0 Å². The summed E-state index contributed by atoms with van der Waals surface area (Å²) in [6.07, 6.45) is 5.12. The van der Waals surface area contributed by atoms with Crippen LogP contribution in [0.15, 0.2) is 65.8 Å². The molecule has 0 radical (unpaired) electrons. The zero-order chi connectivity index (χ0) is 19.3. The average Bonchev–Trinajstić information content (AvgIpc) is 3.27. The third-order valence-corrected chi connectivity index (χ3v) is 4.85. The number of halogens is 1. The molecule has 138 valence electrons. The molecule has 4 heterocycles. The molecule has 0 fully saturated rings. The number of imidazole rings is 2. The van der Waals surface area contributed by atoms with Crippen LogP contribution in [0.3, 0.4) is 0 Å². The van der Waals surface area contributed by atoms with Crippen molar-refractivity contribution >= 4 is 16.8 Å². The lowest BCUT2D eigenvalue weighted by atomic mass is 10.1. The molecule has 0 unspecified atom stereocenters. The quantitative estimate of drug-likeness (QED) is 0.526. The van der Waals surface area contributed by atoms with Gasteiger partial charge in [-0.25, -0.2) is 24.1 Å². The van der Waals surface area contributed by atoms with E-state index in [4.69, 9.17) is 0 Å². The van der Waals surface area contributed by atoms with Crippen molar-refractivity contribution in [3.05, 3.63) is 82.9 Å². The molecule has 1 atom stereocenters. The van der Waals surface area contributed by atoms with Gasteiger partial charge in [-0.1, -0.05) is 24.3 Å². The minimum atomic E-state index is -0.535. The fraction of sp³-hybridized carbons (Fsp3) is 0.100. The number of nitrogens with zero attached hydrogens (tertiary/aromatic N) is 5. The van der Waals surface area contributed by atoms with E-state index in [2.05, 4.69) is 19.9 Å². The Balaban J connectivity index is 1.71. The Hall–Kier alpha value is -3.81. The molecule has 0 bridgehead atoms. The fourth-order valence-electron chi connectivity index (χ4n) is 3.45. The molecule has 0 aliphatic heterocycles. The Morgan fingerprint density at radius 2 is 1.89 bits per heavy atom. The molecule has 0 spiro atoms. The molecule has 5 aromatic rings. The summed E-state index contributed by atoms with van der Waals surface area (Å²) in [5.41, 5.74) is 2.43. The van der Waals surface area contributed by atoms with Gasteiger partial charge in [-0.3, -0.25) is 8.97 Å². The van der Waals surface area contributed by atoms with Crippen LogP contribution in [-0.4, -0.2) is 28.9 Å². The molecular formula is C20H15FN6O. The number of pyridine rings is 1. The van der Waals surface area contributed by atoms with Crippen LogP contribution >= 0.6 is 0 Å². The van der Waals surface area contributed by atoms with E-state index in [0.717, 1.165) is 5.65 Å². The van der Waals surface area contributed by atoms with Gasteiger partial charge in [0.15, 0.2) is 11.5 Å². The number of nitrogens with one attached hydrogen (secondary N) is 1. The summed E-state index contributed by atoms with van der Waals surface area (Å²) in [5.74, 6) is 0.0620. The van der Waals surface area contributed by atoms with Crippen LogP contribution in [0.2, 0.25) is 0 Å². The van der Waals surface area contributed by atoms with Crippen LogP contribution in [-0.2, 0) is 0 Å². The van der Waals surface area contributed by atoms with Gasteiger partial charge in [0.1, 0.15) is 22.7 Å². The molecule has 8 heteroatoms. The van der Waals surface area contributed by atoms with Gasteiger partial charge < -0.3 is 4.98 Å². The van der Waals surface area contributed by atoms with E-state index in [1.54, 1.807) is 37.5 Å². The smallest absolute Gasteiger partial charge is 0.303 e. The first kappa shape index (κ1) is 16.4. The van der Waals surface area contributed by atoms with E-state index >= 15 is 0 Å². The lowest BCUT2D eigenvalue weighted by molar-refractivity contribution is 0.555. The van der Waals surface area contributed by atoms with Gasteiger partial charge in [-0.2, -0.15) is 0 Å². The Morgan fingerprint density at radius 1 is 1.07 bits per heavy atom. The number of hydrogen-bond donors (Lipinski definition) is 1. The van der Waals surface area contributed by atoms with Crippen molar-refractivity contribution in [3.63, 3.8) is 0 Å². The van der Waals surface area contributed by atoms with Gasteiger partial charge in [-0.05, 0) is 25.1 Å². The summed E-state index contributed by atoms with van der Waals surface area (Å²) in [6.45, 7) is 1.77. The Kier molecular flexibility index (Phi) is 3.58. The van der Waals surface area contributed by atoms with Gasteiger partial charge in [0.25, 0.3) is 0 Å². The van der Waals surface area contributed by atoms with Crippen LogP contribution < -0.4 is 5.69 Å². The summed E-state index contributed by atoms with van der Waals surface area (Å²) in [7, 11) is 0. The minimum absolute atomic E-state index is 0.365. The van der Waals surface area contributed by atoms with Crippen LogP contribution in [0.4, 0.5) is 4.39 Å².